The first-order valence-corrected chi connectivity index (χ1v) is 8.22. The summed E-state index contributed by atoms with van der Waals surface area (Å²) in [5.41, 5.74) is 1.25. The summed E-state index contributed by atoms with van der Waals surface area (Å²) in [4.78, 5) is 11.0. The summed E-state index contributed by atoms with van der Waals surface area (Å²) in [5, 5.41) is 10.9. The van der Waals surface area contributed by atoms with Crippen molar-refractivity contribution in [3.05, 3.63) is 53.1 Å². The van der Waals surface area contributed by atoms with Crippen molar-refractivity contribution in [3.8, 4) is 5.75 Å². The molecule has 0 radical (unpaired) electrons. The van der Waals surface area contributed by atoms with E-state index in [0.29, 0.717) is 16.9 Å². The van der Waals surface area contributed by atoms with Gasteiger partial charge in [-0.3, -0.25) is 4.72 Å². The van der Waals surface area contributed by atoms with E-state index >= 15 is 0 Å². The van der Waals surface area contributed by atoms with Gasteiger partial charge in [0.2, 0.25) is 0 Å². The van der Waals surface area contributed by atoms with E-state index in [9.17, 15) is 18.3 Å². The van der Waals surface area contributed by atoms with Crippen LogP contribution in [0.15, 0.2) is 41.3 Å². The average molecular weight is 334 g/mol. The summed E-state index contributed by atoms with van der Waals surface area (Å²) in [6.07, 6.45) is 0. The predicted molar refractivity (Wildman–Crippen MR) is 84.0 cm³/mol. The van der Waals surface area contributed by atoms with Gasteiger partial charge in [0.05, 0.1) is 18.0 Å². The number of carboxylic acid groups (broad SMARTS) is 1. The summed E-state index contributed by atoms with van der Waals surface area (Å²) >= 11 is 0. The molecule has 0 unspecified atom stereocenters. The summed E-state index contributed by atoms with van der Waals surface area (Å²) in [6.45, 7) is 3.40. The number of aromatic carboxylic acids is 1. The van der Waals surface area contributed by atoms with Crippen LogP contribution in [0.1, 0.15) is 21.5 Å². The molecule has 122 valence electrons. The van der Waals surface area contributed by atoms with E-state index in [4.69, 9.17) is 4.74 Å². The van der Waals surface area contributed by atoms with Crippen molar-refractivity contribution >= 4 is 21.7 Å². The fraction of sp³-hybridized carbons (Fsp3) is 0.188. The Morgan fingerprint density at radius 1 is 1.13 bits per heavy atom. The van der Waals surface area contributed by atoms with Crippen LogP contribution in [0.4, 0.5) is 5.69 Å². The first-order valence-electron chi connectivity index (χ1n) is 6.74. The number of sulfonamides is 1. The first kappa shape index (κ1) is 16.8. The third-order valence-electron chi connectivity index (χ3n) is 3.33. The maximum atomic E-state index is 12.5. The lowest BCUT2D eigenvalue weighted by molar-refractivity contribution is -0.255. The second kappa shape index (κ2) is 6.29. The van der Waals surface area contributed by atoms with Gasteiger partial charge in [0.1, 0.15) is 5.75 Å². The van der Waals surface area contributed by atoms with Gasteiger partial charge in [0.25, 0.3) is 10.0 Å². The number of carbonyl (C=O) groups excluding carboxylic acids is 1. The minimum absolute atomic E-state index is 0.104. The third kappa shape index (κ3) is 3.62. The molecule has 0 bridgehead atoms. The highest BCUT2D eigenvalue weighted by molar-refractivity contribution is 7.92. The first-order chi connectivity index (χ1) is 10.7. The molecule has 0 spiro atoms. The average Bonchev–Trinajstić information content (AvgIpc) is 2.48. The lowest BCUT2D eigenvalue weighted by atomic mass is 10.1. The number of aryl methyl sites for hydroxylation is 2. The summed E-state index contributed by atoms with van der Waals surface area (Å²) < 4.78 is 32.6. The summed E-state index contributed by atoms with van der Waals surface area (Å²) in [7, 11) is -2.34. The molecule has 2 aromatic carbocycles. The number of carbonyl (C=O) groups is 1. The molecule has 23 heavy (non-hydrogen) atoms. The van der Waals surface area contributed by atoms with Crippen LogP contribution in [0.5, 0.6) is 5.75 Å². The zero-order chi connectivity index (χ0) is 17.2. The minimum Gasteiger partial charge on any atom is -0.545 e. The van der Waals surface area contributed by atoms with Crippen LogP contribution in [0.3, 0.4) is 0 Å². The van der Waals surface area contributed by atoms with Crippen molar-refractivity contribution < 1.29 is 23.1 Å². The number of nitrogens with one attached hydrogen (secondary N) is 1. The standard InChI is InChI=1S/C16H17NO5S/c1-10-8-15(11(2)7-14(10)22-3)23(20,21)17-13-6-4-5-12(9-13)16(18)19/h4-9,17H,1-3H3,(H,18,19)/p-1. The van der Waals surface area contributed by atoms with Crippen molar-refractivity contribution in [1.29, 1.82) is 0 Å². The Morgan fingerprint density at radius 2 is 1.83 bits per heavy atom. The second-order valence-corrected chi connectivity index (χ2v) is 6.71. The molecule has 0 amide bonds. The second-order valence-electron chi connectivity index (χ2n) is 5.06. The van der Waals surface area contributed by atoms with E-state index in [1.165, 1.54) is 37.4 Å². The highest BCUT2D eigenvalue weighted by Gasteiger charge is 2.19. The van der Waals surface area contributed by atoms with Gasteiger partial charge in [-0.25, -0.2) is 8.42 Å². The molecule has 0 saturated heterocycles. The zero-order valence-corrected chi connectivity index (χ0v) is 13.7. The molecule has 7 heteroatoms. The zero-order valence-electron chi connectivity index (χ0n) is 12.9. The smallest absolute Gasteiger partial charge is 0.262 e. The molecule has 2 aromatic rings. The molecule has 0 fully saturated rings. The van der Waals surface area contributed by atoms with E-state index in [0.717, 1.165) is 0 Å². The maximum Gasteiger partial charge on any atom is 0.262 e. The number of rotatable bonds is 5. The Bertz CT molecular complexity index is 859. The summed E-state index contributed by atoms with van der Waals surface area (Å²) in [6, 6.07) is 8.60. The van der Waals surface area contributed by atoms with Crippen molar-refractivity contribution in [2.45, 2.75) is 18.7 Å². The molecule has 0 aliphatic rings. The summed E-state index contributed by atoms with van der Waals surface area (Å²) in [5.74, 6) is -0.775. The van der Waals surface area contributed by atoms with Crippen molar-refractivity contribution in [3.63, 3.8) is 0 Å². The van der Waals surface area contributed by atoms with Crippen molar-refractivity contribution in [2.24, 2.45) is 0 Å². The number of hydrogen-bond acceptors (Lipinski definition) is 5. The van der Waals surface area contributed by atoms with Crippen molar-refractivity contribution in [1.82, 2.24) is 0 Å². The normalized spacial score (nSPS) is 11.1. The molecule has 0 atom stereocenters. The molecule has 0 aliphatic heterocycles. The Labute approximate surface area is 134 Å². The lowest BCUT2D eigenvalue weighted by Crippen LogP contribution is -2.22. The van der Waals surface area contributed by atoms with E-state index in [-0.39, 0.29) is 16.1 Å². The van der Waals surface area contributed by atoms with Crippen LogP contribution < -0.4 is 14.6 Å². The van der Waals surface area contributed by atoms with E-state index in [1.807, 2.05) is 0 Å². The van der Waals surface area contributed by atoms with Gasteiger partial charge in [-0.1, -0.05) is 12.1 Å². The maximum absolute atomic E-state index is 12.5. The molecular formula is C16H16NO5S-. The lowest BCUT2D eigenvalue weighted by Gasteiger charge is -2.14. The van der Waals surface area contributed by atoms with E-state index < -0.39 is 16.0 Å². The molecular weight excluding hydrogens is 318 g/mol. The van der Waals surface area contributed by atoms with Crippen LogP contribution >= 0.6 is 0 Å². The van der Waals surface area contributed by atoms with Gasteiger partial charge in [-0.05, 0) is 54.8 Å². The van der Waals surface area contributed by atoms with Crippen LogP contribution in [0.2, 0.25) is 0 Å². The molecule has 0 aromatic heterocycles. The Balaban J connectivity index is 2.42. The molecule has 0 saturated carbocycles. The van der Waals surface area contributed by atoms with Crippen LogP contribution in [0, 0.1) is 13.8 Å². The van der Waals surface area contributed by atoms with Crippen LogP contribution in [0.25, 0.3) is 0 Å². The quantitative estimate of drug-likeness (QED) is 0.893. The van der Waals surface area contributed by atoms with Gasteiger partial charge < -0.3 is 14.6 Å². The van der Waals surface area contributed by atoms with Gasteiger partial charge in [0.15, 0.2) is 0 Å². The molecule has 0 aliphatic carbocycles. The third-order valence-corrected chi connectivity index (χ3v) is 4.86. The van der Waals surface area contributed by atoms with Gasteiger partial charge in [-0.2, -0.15) is 0 Å². The Kier molecular flexibility index (Phi) is 4.60. The number of anilines is 1. The predicted octanol–water partition coefficient (Wildman–Crippen LogP) is 1.48. The SMILES string of the molecule is COc1cc(C)c(S(=O)(=O)Nc2cccc(C(=O)[O-])c2)cc1C. The fourth-order valence-corrected chi connectivity index (χ4v) is 3.55. The van der Waals surface area contributed by atoms with Crippen LogP contribution in [-0.4, -0.2) is 21.5 Å². The van der Waals surface area contributed by atoms with Crippen molar-refractivity contribution in [2.75, 3.05) is 11.8 Å². The van der Waals surface area contributed by atoms with E-state index in [2.05, 4.69) is 4.72 Å². The Morgan fingerprint density at radius 3 is 2.43 bits per heavy atom. The van der Waals surface area contributed by atoms with Gasteiger partial charge in [0, 0.05) is 5.69 Å². The molecule has 6 nitrogen and oxygen atoms in total. The van der Waals surface area contributed by atoms with Gasteiger partial charge in [-0.15, -0.1) is 0 Å². The monoisotopic (exact) mass is 334 g/mol. The fourth-order valence-electron chi connectivity index (χ4n) is 2.19. The number of hydrogen-bond donors (Lipinski definition) is 1. The largest absolute Gasteiger partial charge is 0.545 e. The number of carboxylic acids is 1. The topological polar surface area (TPSA) is 95.5 Å². The molecule has 2 rings (SSSR count). The minimum atomic E-state index is -3.85. The highest BCUT2D eigenvalue weighted by atomic mass is 32.2. The number of methoxy groups -OCH3 is 1. The molecule has 0 heterocycles. The van der Waals surface area contributed by atoms with Crippen LogP contribution in [-0.2, 0) is 10.0 Å². The number of benzene rings is 2. The molecule has 1 N–H and O–H groups in total. The van der Waals surface area contributed by atoms with Gasteiger partial charge >= 0.3 is 0 Å². The highest BCUT2D eigenvalue weighted by Crippen LogP contribution is 2.27. The van der Waals surface area contributed by atoms with E-state index in [1.54, 1.807) is 19.9 Å². The number of ether oxygens (including phenoxy) is 1. The Hall–Kier alpha value is -2.54.